The van der Waals surface area contributed by atoms with Crippen LogP contribution in [0.1, 0.15) is 23.5 Å². The number of hydrogen-bond donors (Lipinski definition) is 1. The number of nitrogens with zero attached hydrogens (tertiary/aromatic N) is 1. The SMILES string of the molecule is COc1ccc([C@@H]2CCN(C(=O)Cc3ccc(F)cc3)C[C@H]2O)cc1. The molecular formula is C20H22FNO3. The average Bonchev–Trinajstić information content (AvgIpc) is 2.63. The van der Waals surface area contributed by atoms with Gasteiger partial charge in [0, 0.05) is 19.0 Å². The number of likely N-dealkylation sites (tertiary alicyclic amines) is 1. The van der Waals surface area contributed by atoms with Gasteiger partial charge in [0.2, 0.25) is 5.91 Å². The lowest BCUT2D eigenvalue weighted by molar-refractivity contribution is -0.134. The van der Waals surface area contributed by atoms with Gasteiger partial charge in [0.05, 0.1) is 19.6 Å². The molecule has 2 atom stereocenters. The largest absolute Gasteiger partial charge is 0.497 e. The summed E-state index contributed by atoms with van der Waals surface area (Å²) in [4.78, 5) is 14.1. The first-order valence-corrected chi connectivity index (χ1v) is 8.41. The summed E-state index contributed by atoms with van der Waals surface area (Å²) < 4.78 is 18.1. The van der Waals surface area contributed by atoms with Crippen LogP contribution in [0.2, 0.25) is 0 Å². The zero-order chi connectivity index (χ0) is 17.8. The van der Waals surface area contributed by atoms with Crippen LogP contribution in [0.25, 0.3) is 0 Å². The Morgan fingerprint density at radius 1 is 1.20 bits per heavy atom. The molecule has 1 amide bonds. The van der Waals surface area contributed by atoms with Crippen molar-refractivity contribution in [2.45, 2.75) is 24.9 Å². The zero-order valence-electron chi connectivity index (χ0n) is 14.2. The minimum Gasteiger partial charge on any atom is -0.497 e. The molecule has 0 bridgehead atoms. The summed E-state index contributed by atoms with van der Waals surface area (Å²) in [7, 11) is 1.62. The van der Waals surface area contributed by atoms with E-state index in [9.17, 15) is 14.3 Å². The standard InChI is InChI=1S/C20H22FNO3/c1-25-17-8-4-15(5-9-17)18-10-11-22(13-19(18)23)20(24)12-14-2-6-16(21)7-3-14/h2-9,18-19,23H,10-13H2,1H3/t18-,19+/m0/s1. The molecule has 1 aliphatic rings. The van der Waals surface area contributed by atoms with Crippen molar-refractivity contribution in [1.82, 2.24) is 4.90 Å². The van der Waals surface area contributed by atoms with E-state index in [4.69, 9.17) is 4.74 Å². The summed E-state index contributed by atoms with van der Waals surface area (Å²) in [5, 5.41) is 10.5. The predicted molar refractivity (Wildman–Crippen MR) is 93.0 cm³/mol. The Morgan fingerprint density at radius 2 is 1.88 bits per heavy atom. The summed E-state index contributed by atoms with van der Waals surface area (Å²) >= 11 is 0. The van der Waals surface area contributed by atoms with Crippen molar-refractivity contribution in [3.63, 3.8) is 0 Å². The number of β-amino-alcohol motifs (C(OH)–C–C–N with tert-alkyl or cyclic N) is 1. The molecule has 0 unspecified atom stereocenters. The van der Waals surface area contributed by atoms with Gasteiger partial charge in [0.25, 0.3) is 0 Å². The zero-order valence-corrected chi connectivity index (χ0v) is 14.2. The summed E-state index contributed by atoms with van der Waals surface area (Å²) in [6.07, 6.45) is 0.336. The van der Waals surface area contributed by atoms with Crippen molar-refractivity contribution in [3.8, 4) is 5.75 Å². The first-order valence-electron chi connectivity index (χ1n) is 8.41. The number of benzene rings is 2. The molecular weight excluding hydrogens is 321 g/mol. The maximum atomic E-state index is 12.9. The number of aliphatic hydroxyl groups is 1. The molecule has 1 aliphatic heterocycles. The van der Waals surface area contributed by atoms with E-state index in [1.165, 1.54) is 12.1 Å². The van der Waals surface area contributed by atoms with Gasteiger partial charge in [-0.15, -0.1) is 0 Å². The van der Waals surface area contributed by atoms with Crippen LogP contribution in [-0.4, -0.2) is 42.2 Å². The number of amides is 1. The number of methoxy groups -OCH3 is 1. The van der Waals surface area contributed by atoms with Crippen molar-refractivity contribution in [2.24, 2.45) is 0 Å². The van der Waals surface area contributed by atoms with Crippen molar-refractivity contribution in [3.05, 3.63) is 65.5 Å². The van der Waals surface area contributed by atoms with Crippen LogP contribution in [-0.2, 0) is 11.2 Å². The smallest absolute Gasteiger partial charge is 0.227 e. The van der Waals surface area contributed by atoms with Gasteiger partial charge < -0.3 is 14.7 Å². The highest BCUT2D eigenvalue weighted by atomic mass is 19.1. The van der Waals surface area contributed by atoms with Gasteiger partial charge >= 0.3 is 0 Å². The Morgan fingerprint density at radius 3 is 2.48 bits per heavy atom. The van der Waals surface area contributed by atoms with Crippen molar-refractivity contribution >= 4 is 5.91 Å². The first-order chi connectivity index (χ1) is 12.1. The fourth-order valence-electron chi connectivity index (χ4n) is 3.29. The molecule has 1 N–H and O–H groups in total. The first kappa shape index (κ1) is 17.4. The minimum absolute atomic E-state index is 0.0146. The molecule has 25 heavy (non-hydrogen) atoms. The van der Waals surface area contributed by atoms with Crippen LogP contribution in [0.3, 0.4) is 0 Å². The number of carbonyl (C=O) groups excluding carboxylic acids is 1. The van der Waals surface area contributed by atoms with Crippen LogP contribution >= 0.6 is 0 Å². The topological polar surface area (TPSA) is 49.8 Å². The van der Waals surface area contributed by atoms with Gasteiger partial charge in [-0.3, -0.25) is 4.79 Å². The third-order valence-corrected chi connectivity index (χ3v) is 4.75. The molecule has 1 heterocycles. The van der Waals surface area contributed by atoms with E-state index in [0.29, 0.717) is 19.5 Å². The highest BCUT2D eigenvalue weighted by Crippen LogP contribution is 2.30. The number of ether oxygens (including phenoxy) is 1. The van der Waals surface area contributed by atoms with Gasteiger partial charge in [-0.05, 0) is 41.8 Å². The van der Waals surface area contributed by atoms with Gasteiger partial charge in [-0.2, -0.15) is 0 Å². The Labute approximate surface area is 146 Å². The van der Waals surface area contributed by atoms with Gasteiger partial charge in [0.1, 0.15) is 11.6 Å². The molecule has 1 saturated heterocycles. The normalized spacial score (nSPS) is 20.4. The fraction of sp³-hybridized carbons (Fsp3) is 0.350. The van der Waals surface area contributed by atoms with E-state index in [0.717, 1.165) is 16.9 Å². The van der Waals surface area contributed by atoms with Crippen LogP contribution in [0.5, 0.6) is 5.75 Å². The molecule has 0 aromatic heterocycles. The second-order valence-corrected chi connectivity index (χ2v) is 6.38. The second kappa shape index (κ2) is 7.66. The molecule has 0 saturated carbocycles. The number of rotatable bonds is 4. The van der Waals surface area contributed by atoms with E-state index < -0.39 is 6.10 Å². The van der Waals surface area contributed by atoms with E-state index in [-0.39, 0.29) is 24.1 Å². The van der Waals surface area contributed by atoms with E-state index >= 15 is 0 Å². The summed E-state index contributed by atoms with van der Waals surface area (Å²) in [6.45, 7) is 0.921. The summed E-state index contributed by atoms with van der Waals surface area (Å²) in [6, 6.07) is 13.6. The molecule has 2 aromatic rings. The molecule has 0 radical (unpaired) electrons. The minimum atomic E-state index is -0.598. The molecule has 3 rings (SSSR count). The summed E-state index contributed by atoms with van der Waals surface area (Å²) in [5.74, 6) is 0.441. The molecule has 2 aromatic carbocycles. The van der Waals surface area contributed by atoms with Crippen molar-refractivity contribution in [1.29, 1.82) is 0 Å². The highest BCUT2D eigenvalue weighted by Gasteiger charge is 2.31. The quantitative estimate of drug-likeness (QED) is 0.929. The third-order valence-electron chi connectivity index (χ3n) is 4.75. The van der Waals surface area contributed by atoms with Crippen molar-refractivity contribution in [2.75, 3.05) is 20.2 Å². The Kier molecular flexibility index (Phi) is 5.34. The molecule has 0 aliphatic carbocycles. The van der Waals surface area contributed by atoms with Gasteiger partial charge in [0.15, 0.2) is 0 Å². The lowest BCUT2D eigenvalue weighted by atomic mass is 9.87. The third kappa shape index (κ3) is 4.17. The number of hydrogen-bond acceptors (Lipinski definition) is 3. The van der Waals surface area contributed by atoms with Crippen LogP contribution < -0.4 is 4.74 Å². The van der Waals surface area contributed by atoms with Gasteiger partial charge in [-0.25, -0.2) is 4.39 Å². The van der Waals surface area contributed by atoms with Crippen molar-refractivity contribution < 1.29 is 19.0 Å². The Bertz CT molecular complexity index is 715. The number of halogens is 1. The lowest BCUT2D eigenvalue weighted by Gasteiger charge is -2.36. The molecule has 4 nitrogen and oxygen atoms in total. The summed E-state index contributed by atoms with van der Waals surface area (Å²) in [5.41, 5.74) is 1.83. The molecule has 132 valence electrons. The van der Waals surface area contributed by atoms with E-state index in [2.05, 4.69) is 0 Å². The molecule has 0 spiro atoms. The Balaban J connectivity index is 1.60. The van der Waals surface area contributed by atoms with E-state index in [1.807, 2.05) is 24.3 Å². The molecule has 5 heteroatoms. The lowest BCUT2D eigenvalue weighted by Crippen LogP contribution is -2.46. The number of aliphatic hydroxyl groups excluding tert-OH is 1. The highest BCUT2D eigenvalue weighted by molar-refractivity contribution is 5.79. The fourth-order valence-corrected chi connectivity index (χ4v) is 3.29. The predicted octanol–water partition coefficient (Wildman–Crippen LogP) is 2.75. The van der Waals surface area contributed by atoms with Crippen LogP contribution in [0, 0.1) is 5.82 Å². The molecule has 1 fully saturated rings. The Hall–Kier alpha value is -2.40. The van der Waals surface area contributed by atoms with Crippen LogP contribution in [0.4, 0.5) is 4.39 Å². The van der Waals surface area contributed by atoms with Crippen LogP contribution in [0.15, 0.2) is 48.5 Å². The second-order valence-electron chi connectivity index (χ2n) is 6.38. The number of carbonyl (C=O) groups is 1. The average molecular weight is 343 g/mol. The van der Waals surface area contributed by atoms with Gasteiger partial charge in [-0.1, -0.05) is 24.3 Å². The monoisotopic (exact) mass is 343 g/mol. The van der Waals surface area contributed by atoms with E-state index in [1.54, 1.807) is 24.1 Å². The maximum Gasteiger partial charge on any atom is 0.227 e. The maximum absolute atomic E-state index is 12.9. The number of piperidine rings is 1.